The highest BCUT2D eigenvalue weighted by atomic mass is 127. The van der Waals surface area contributed by atoms with Gasteiger partial charge in [0.25, 0.3) is 5.91 Å². The lowest BCUT2D eigenvalue weighted by atomic mass is 9.93. The van der Waals surface area contributed by atoms with Crippen LogP contribution in [-0.2, 0) is 0 Å². The van der Waals surface area contributed by atoms with Crippen LogP contribution in [0.2, 0.25) is 0 Å². The SMILES string of the molecule is COc1ccc(C(=O)N(C)CC(C)(C)CN)c(I)c1. The van der Waals surface area contributed by atoms with Crippen molar-refractivity contribution in [2.24, 2.45) is 11.1 Å². The van der Waals surface area contributed by atoms with Gasteiger partial charge >= 0.3 is 0 Å². The molecule has 0 aliphatic heterocycles. The van der Waals surface area contributed by atoms with Crippen molar-refractivity contribution in [2.75, 3.05) is 27.2 Å². The van der Waals surface area contributed by atoms with E-state index in [0.717, 1.165) is 9.32 Å². The predicted octanol–water partition coefficient (Wildman–Crippen LogP) is 2.36. The summed E-state index contributed by atoms with van der Waals surface area (Å²) in [6.07, 6.45) is 0. The molecule has 1 rings (SSSR count). The zero-order chi connectivity index (χ0) is 14.6. The number of nitrogens with two attached hydrogens (primary N) is 1. The number of hydrogen-bond acceptors (Lipinski definition) is 3. The molecule has 0 unspecified atom stereocenters. The summed E-state index contributed by atoms with van der Waals surface area (Å²) in [4.78, 5) is 14.1. The molecule has 0 atom stereocenters. The molecule has 106 valence electrons. The largest absolute Gasteiger partial charge is 0.497 e. The highest BCUT2D eigenvalue weighted by molar-refractivity contribution is 14.1. The first kappa shape index (κ1) is 16.2. The fraction of sp³-hybridized carbons (Fsp3) is 0.500. The van der Waals surface area contributed by atoms with Crippen LogP contribution in [0, 0.1) is 8.99 Å². The van der Waals surface area contributed by atoms with Gasteiger partial charge in [0, 0.05) is 17.2 Å². The molecular formula is C14H21IN2O2. The van der Waals surface area contributed by atoms with Crippen molar-refractivity contribution in [3.63, 3.8) is 0 Å². The number of amides is 1. The number of nitrogens with zero attached hydrogens (tertiary/aromatic N) is 1. The van der Waals surface area contributed by atoms with Gasteiger partial charge in [-0.2, -0.15) is 0 Å². The van der Waals surface area contributed by atoms with Crippen molar-refractivity contribution in [2.45, 2.75) is 13.8 Å². The maximum atomic E-state index is 12.4. The number of carbonyl (C=O) groups is 1. The Morgan fingerprint density at radius 2 is 2.11 bits per heavy atom. The minimum Gasteiger partial charge on any atom is -0.497 e. The first-order valence-electron chi connectivity index (χ1n) is 6.10. The van der Waals surface area contributed by atoms with Gasteiger partial charge in [0.15, 0.2) is 0 Å². The number of ether oxygens (including phenoxy) is 1. The summed E-state index contributed by atoms with van der Waals surface area (Å²) in [6.45, 7) is 5.28. The molecule has 2 N–H and O–H groups in total. The normalized spacial score (nSPS) is 11.3. The zero-order valence-electron chi connectivity index (χ0n) is 11.9. The average molecular weight is 376 g/mol. The summed E-state index contributed by atoms with van der Waals surface area (Å²) in [5.74, 6) is 0.763. The fourth-order valence-corrected chi connectivity index (χ4v) is 2.50. The van der Waals surface area contributed by atoms with Crippen LogP contribution in [0.4, 0.5) is 0 Å². The van der Waals surface area contributed by atoms with Crippen molar-refractivity contribution in [3.8, 4) is 5.75 Å². The second kappa shape index (κ2) is 6.56. The zero-order valence-corrected chi connectivity index (χ0v) is 14.0. The number of benzene rings is 1. The van der Waals surface area contributed by atoms with E-state index in [2.05, 4.69) is 36.4 Å². The third-order valence-corrected chi connectivity index (χ3v) is 3.86. The average Bonchev–Trinajstić information content (AvgIpc) is 2.37. The molecule has 0 saturated carbocycles. The second-order valence-corrected chi connectivity index (χ2v) is 6.54. The lowest BCUT2D eigenvalue weighted by Gasteiger charge is -2.29. The smallest absolute Gasteiger partial charge is 0.254 e. The molecule has 1 aromatic rings. The van der Waals surface area contributed by atoms with Gasteiger partial charge in [-0.1, -0.05) is 13.8 Å². The quantitative estimate of drug-likeness (QED) is 0.803. The van der Waals surface area contributed by atoms with Gasteiger partial charge in [0.2, 0.25) is 0 Å². The van der Waals surface area contributed by atoms with Crippen molar-refractivity contribution >= 4 is 28.5 Å². The standard InChI is InChI=1S/C14H21IN2O2/c1-14(2,8-16)9-17(3)13(18)11-6-5-10(19-4)7-12(11)15/h5-7H,8-9,16H2,1-4H3. The summed E-state index contributed by atoms with van der Waals surface area (Å²) in [5.41, 5.74) is 6.32. The molecule has 5 heteroatoms. The maximum Gasteiger partial charge on any atom is 0.254 e. The van der Waals surface area contributed by atoms with Crippen molar-refractivity contribution in [1.82, 2.24) is 4.90 Å². The minimum absolute atomic E-state index is 0.00794. The first-order valence-corrected chi connectivity index (χ1v) is 7.17. The number of hydrogen-bond donors (Lipinski definition) is 1. The van der Waals surface area contributed by atoms with Crippen LogP contribution in [0.25, 0.3) is 0 Å². The molecule has 0 fully saturated rings. The van der Waals surface area contributed by atoms with E-state index in [9.17, 15) is 4.79 Å². The Kier molecular flexibility index (Phi) is 5.61. The van der Waals surface area contributed by atoms with Crippen LogP contribution >= 0.6 is 22.6 Å². The molecule has 0 saturated heterocycles. The molecule has 0 radical (unpaired) electrons. The van der Waals surface area contributed by atoms with Gasteiger partial charge in [-0.25, -0.2) is 0 Å². The third-order valence-electron chi connectivity index (χ3n) is 2.97. The van der Waals surface area contributed by atoms with E-state index in [-0.39, 0.29) is 11.3 Å². The Labute approximate surface area is 128 Å². The van der Waals surface area contributed by atoms with E-state index in [1.54, 1.807) is 31.2 Å². The van der Waals surface area contributed by atoms with Gasteiger partial charge in [-0.05, 0) is 52.7 Å². The molecule has 0 aromatic heterocycles. The fourth-order valence-electron chi connectivity index (χ4n) is 1.78. The molecule has 0 aliphatic rings. The molecule has 4 nitrogen and oxygen atoms in total. The number of rotatable bonds is 5. The van der Waals surface area contributed by atoms with Crippen molar-refractivity contribution < 1.29 is 9.53 Å². The van der Waals surface area contributed by atoms with E-state index < -0.39 is 0 Å². The molecule has 1 aromatic carbocycles. The van der Waals surface area contributed by atoms with E-state index >= 15 is 0 Å². The topological polar surface area (TPSA) is 55.6 Å². The predicted molar refractivity (Wildman–Crippen MR) is 85.5 cm³/mol. The Hall–Kier alpha value is -0.820. The van der Waals surface area contributed by atoms with E-state index in [0.29, 0.717) is 18.7 Å². The van der Waals surface area contributed by atoms with E-state index in [1.807, 2.05) is 6.07 Å². The summed E-state index contributed by atoms with van der Waals surface area (Å²) in [7, 11) is 3.42. The molecule has 0 bridgehead atoms. The van der Waals surface area contributed by atoms with Crippen LogP contribution in [0.15, 0.2) is 18.2 Å². The highest BCUT2D eigenvalue weighted by Crippen LogP contribution is 2.22. The van der Waals surface area contributed by atoms with Gasteiger partial charge in [-0.3, -0.25) is 4.79 Å². The van der Waals surface area contributed by atoms with Crippen LogP contribution in [0.5, 0.6) is 5.75 Å². The molecular weight excluding hydrogens is 355 g/mol. The summed E-state index contributed by atoms with van der Waals surface area (Å²) in [5, 5.41) is 0. The van der Waals surface area contributed by atoms with Crippen molar-refractivity contribution in [1.29, 1.82) is 0 Å². The number of methoxy groups -OCH3 is 1. The second-order valence-electron chi connectivity index (χ2n) is 5.38. The lowest BCUT2D eigenvalue weighted by Crippen LogP contribution is -2.40. The molecule has 1 amide bonds. The first-order chi connectivity index (χ1) is 8.80. The van der Waals surface area contributed by atoms with Gasteiger partial charge in [0.1, 0.15) is 5.75 Å². The Morgan fingerprint density at radius 1 is 1.47 bits per heavy atom. The summed E-state index contributed by atoms with van der Waals surface area (Å²) < 4.78 is 6.03. The number of carbonyl (C=O) groups excluding carboxylic acids is 1. The van der Waals surface area contributed by atoms with Gasteiger partial charge < -0.3 is 15.4 Å². The minimum atomic E-state index is -0.0810. The van der Waals surface area contributed by atoms with Crippen molar-refractivity contribution in [3.05, 3.63) is 27.3 Å². The molecule has 0 spiro atoms. The van der Waals surface area contributed by atoms with Gasteiger partial charge in [-0.15, -0.1) is 0 Å². The monoisotopic (exact) mass is 376 g/mol. The molecule has 0 aliphatic carbocycles. The Bertz CT molecular complexity index is 461. The maximum absolute atomic E-state index is 12.4. The van der Waals surface area contributed by atoms with Crippen LogP contribution in [0.3, 0.4) is 0 Å². The third kappa shape index (κ3) is 4.35. The Balaban J connectivity index is 2.88. The van der Waals surface area contributed by atoms with Crippen LogP contribution < -0.4 is 10.5 Å². The van der Waals surface area contributed by atoms with E-state index in [1.165, 1.54) is 0 Å². The Morgan fingerprint density at radius 3 is 2.58 bits per heavy atom. The van der Waals surface area contributed by atoms with Crippen LogP contribution in [-0.4, -0.2) is 38.1 Å². The number of halogens is 1. The molecule has 19 heavy (non-hydrogen) atoms. The summed E-state index contributed by atoms with van der Waals surface area (Å²) in [6, 6.07) is 5.46. The van der Waals surface area contributed by atoms with E-state index in [4.69, 9.17) is 10.5 Å². The summed E-state index contributed by atoms with van der Waals surface area (Å²) >= 11 is 2.15. The lowest BCUT2D eigenvalue weighted by molar-refractivity contribution is 0.0739. The van der Waals surface area contributed by atoms with Gasteiger partial charge in [0.05, 0.1) is 12.7 Å². The highest BCUT2D eigenvalue weighted by Gasteiger charge is 2.23. The molecule has 0 heterocycles. The van der Waals surface area contributed by atoms with Crippen LogP contribution in [0.1, 0.15) is 24.2 Å².